The molecule has 1 N–H and O–H groups in total. The largest absolute Gasteiger partial charge is 0.459 e. The number of furan rings is 1. The Kier molecular flexibility index (Phi) is 2.70. The Balaban J connectivity index is 2.71. The number of aryl methyl sites for hydroxylation is 1. The van der Waals surface area contributed by atoms with Crippen molar-refractivity contribution in [2.45, 2.75) is 19.9 Å². The molecular formula is C9H10N2O2. The molecular weight excluding hydrogens is 168 g/mol. The van der Waals surface area contributed by atoms with Crippen LogP contribution in [0.3, 0.4) is 0 Å². The zero-order valence-electron chi connectivity index (χ0n) is 7.50. The number of carbonyl (C=O) groups is 1. The van der Waals surface area contributed by atoms with Crippen LogP contribution < -0.4 is 5.32 Å². The number of hydrogen-bond acceptors (Lipinski definition) is 3. The summed E-state index contributed by atoms with van der Waals surface area (Å²) in [6.45, 7) is 3.38. The first-order chi connectivity index (χ1) is 6.15. The van der Waals surface area contributed by atoms with Crippen molar-refractivity contribution in [3.8, 4) is 6.07 Å². The Bertz CT molecular complexity index is 349. The van der Waals surface area contributed by atoms with Gasteiger partial charge in [-0.25, -0.2) is 0 Å². The van der Waals surface area contributed by atoms with Crippen molar-refractivity contribution in [2.24, 2.45) is 0 Å². The molecule has 1 atom stereocenters. The minimum absolute atomic E-state index is 0.266. The molecule has 4 nitrogen and oxygen atoms in total. The summed E-state index contributed by atoms with van der Waals surface area (Å²) < 4.78 is 4.95. The van der Waals surface area contributed by atoms with E-state index >= 15 is 0 Å². The first-order valence-electron chi connectivity index (χ1n) is 3.89. The summed E-state index contributed by atoms with van der Waals surface area (Å²) in [6, 6.07) is 3.10. The van der Waals surface area contributed by atoms with E-state index in [-0.39, 0.29) is 11.7 Å². The quantitative estimate of drug-likeness (QED) is 0.740. The molecule has 1 heterocycles. The van der Waals surface area contributed by atoms with E-state index in [1.165, 1.54) is 6.26 Å². The van der Waals surface area contributed by atoms with Gasteiger partial charge in [-0.15, -0.1) is 0 Å². The molecule has 4 heteroatoms. The zero-order chi connectivity index (χ0) is 9.84. The van der Waals surface area contributed by atoms with Gasteiger partial charge in [-0.2, -0.15) is 5.26 Å². The monoisotopic (exact) mass is 178 g/mol. The molecule has 1 aromatic rings. The van der Waals surface area contributed by atoms with Crippen molar-refractivity contribution in [3.63, 3.8) is 0 Å². The summed E-state index contributed by atoms with van der Waals surface area (Å²) in [4.78, 5) is 11.3. The molecule has 0 radical (unpaired) electrons. The lowest BCUT2D eigenvalue weighted by molar-refractivity contribution is 0.0919. The Morgan fingerprint density at radius 3 is 2.92 bits per heavy atom. The van der Waals surface area contributed by atoms with Crippen LogP contribution in [0.1, 0.15) is 23.0 Å². The second kappa shape index (κ2) is 3.76. The van der Waals surface area contributed by atoms with Crippen molar-refractivity contribution in [2.75, 3.05) is 0 Å². The van der Waals surface area contributed by atoms with Crippen molar-refractivity contribution in [3.05, 3.63) is 23.7 Å². The minimum Gasteiger partial charge on any atom is -0.459 e. The standard InChI is InChI=1S/C9H10N2O2/c1-6-3-4-13-8(6)9(12)11-7(2)5-10/h3-4,7H,1-2H3,(H,11,12)/t7-/m1/s1. The molecule has 0 unspecified atom stereocenters. The predicted molar refractivity (Wildman–Crippen MR) is 46.0 cm³/mol. The Morgan fingerprint density at radius 1 is 1.77 bits per heavy atom. The fourth-order valence-electron chi connectivity index (χ4n) is 0.900. The van der Waals surface area contributed by atoms with Crippen molar-refractivity contribution in [1.29, 1.82) is 5.26 Å². The van der Waals surface area contributed by atoms with Crippen LogP contribution in [-0.4, -0.2) is 11.9 Å². The first-order valence-corrected chi connectivity index (χ1v) is 3.89. The van der Waals surface area contributed by atoms with E-state index in [1.807, 2.05) is 6.07 Å². The van der Waals surface area contributed by atoms with Crippen molar-refractivity contribution >= 4 is 5.91 Å². The molecule has 1 amide bonds. The molecule has 0 bridgehead atoms. The lowest BCUT2D eigenvalue weighted by atomic mass is 10.2. The Labute approximate surface area is 76.2 Å². The third-order valence-corrected chi connectivity index (χ3v) is 1.61. The average molecular weight is 178 g/mol. The second-order valence-electron chi connectivity index (χ2n) is 2.76. The van der Waals surface area contributed by atoms with Gasteiger partial charge in [0, 0.05) is 5.56 Å². The lowest BCUT2D eigenvalue weighted by Gasteiger charge is -2.03. The van der Waals surface area contributed by atoms with Gasteiger partial charge in [-0.1, -0.05) is 0 Å². The summed E-state index contributed by atoms with van der Waals surface area (Å²) in [7, 11) is 0. The fraction of sp³-hybridized carbons (Fsp3) is 0.333. The van der Waals surface area contributed by atoms with Gasteiger partial charge in [0.2, 0.25) is 0 Å². The molecule has 0 fully saturated rings. The van der Waals surface area contributed by atoms with E-state index in [4.69, 9.17) is 9.68 Å². The zero-order valence-corrected chi connectivity index (χ0v) is 7.50. The van der Waals surface area contributed by atoms with Gasteiger partial charge in [0.05, 0.1) is 12.3 Å². The van der Waals surface area contributed by atoms with E-state index in [1.54, 1.807) is 19.9 Å². The first kappa shape index (κ1) is 9.33. The smallest absolute Gasteiger partial charge is 0.288 e. The molecule has 68 valence electrons. The Morgan fingerprint density at radius 2 is 2.46 bits per heavy atom. The lowest BCUT2D eigenvalue weighted by Crippen LogP contribution is -2.31. The van der Waals surface area contributed by atoms with Crippen LogP contribution in [-0.2, 0) is 0 Å². The fourth-order valence-corrected chi connectivity index (χ4v) is 0.900. The molecule has 0 saturated heterocycles. The highest BCUT2D eigenvalue weighted by molar-refractivity contribution is 5.93. The molecule has 0 spiro atoms. The SMILES string of the molecule is Cc1ccoc1C(=O)N[C@H](C)C#N. The predicted octanol–water partition coefficient (Wildman–Crippen LogP) is 1.23. The summed E-state index contributed by atoms with van der Waals surface area (Å²) in [5, 5.41) is 10.9. The van der Waals surface area contributed by atoms with Crippen LogP contribution in [0, 0.1) is 18.3 Å². The van der Waals surface area contributed by atoms with E-state index in [9.17, 15) is 4.79 Å². The number of nitrogens with zero attached hydrogens (tertiary/aromatic N) is 1. The van der Waals surface area contributed by atoms with Crippen molar-refractivity contribution < 1.29 is 9.21 Å². The molecule has 0 aromatic carbocycles. The maximum absolute atomic E-state index is 11.3. The minimum atomic E-state index is -0.503. The number of rotatable bonds is 2. The third-order valence-electron chi connectivity index (χ3n) is 1.61. The van der Waals surface area contributed by atoms with Gasteiger partial charge in [0.25, 0.3) is 5.91 Å². The number of nitriles is 1. The summed E-state index contributed by atoms with van der Waals surface area (Å²) >= 11 is 0. The van der Waals surface area contributed by atoms with Crippen LogP contribution >= 0.6 is 0 Å². The number of carbonyl (C=O) groups excluding carboxylic acids is 1. The van der Waals surface area contributed by atoms with Crippen LogP contribution in [0.15, 0.2) is 16.7 Å². The van der Waals surface area contributed by atoms with E-state index in [0.29, 0.717) is 0 Å². The summed E-state index contributed by atoms with van der Waals surface area (Å²) in [5.41, 5.74) is 0.766. The molecule has 1 rings (SSSR count). The van der Waals surface area contributed by atoms with Crippen LogP contribution in [0.5, 0.6) is 0 Å². The molecule has 0 aliphatic carbocycles. The number of hydrogen-bond donors (Lipinski definition) is 1. The van der Waals surface area contributed by atoms with Gasteiger partial charge in [0.1, 0.15) is 6.04 Å². The van der Waals surface area contributed by atoms with E-state index in [0.717, 1.165) is 5.56 Å². The second-order valence-corrected chi connectivity index (χ2v) is 2.76. The number of nitrogens with one attached hydrogen (secondary N) is 1. The number of amides is 1. The summed E-state index contributed by atoms with van der Waals surface area (Å²) in [6.07, 6.45) is 1.45. The van der Waals surface area contributed by atoms with Gasteiger partial charge in [0.15, 0.2) is 5.76 Å². The highest BCUT2D eigenvalue weighted by atomic mass is 16.3. The summed E-state index contributed by atoms with van der Waals surface area (Å²) in [5.74, 6) is -0.0846. The average Bonchev–Trinajstić information content (AvgIpc) is 2.51. The van der Waals surface area contributed by atoms with Crippen LogP contribution in [0.2, 0.25) is 0 Å². The van der Waals surface area contributed by atoms with Gasteiger partial charge in [-0.05, 0) is 19.9 Å². The van der Waals surface area contributed by atoms with Crippen molar-refractivity contribution in [1.82, 2.24) is 5.32 Å². The topological polar surface area (TPSA) is 66.0 Å². The van der Waals surface area contributed by atoms with E-state index < -0.39 is 6.04 Å². The van der Waals surface area contributed by atoms with Gasteiger partial charge in [-0.3, -0.25) is 4.79 Å². The maximum atomic E-state index is 11.3. The van der Waals surface area contributed by atoms with Gasteiger partial charge >= 0.3 is 0 Å². The van der Waals surface area contributed by atoms with Gasteiger partial charge < -0.3 is 9.73 Å². The molecule has 13 heavy (non-hydrogen) atoms. The third kappa shape index (κ3) is 2.09. The normalized spacial score (nSPS) is 11.8. The van der Waals surface area contributed by atoms with E-state index in [2.05, 4.69) is 5.32 Å². The molecule has 0 saturated carbocycles. The van der Waals surface area contributed by atoms with Crippen LogP contribution in [0.25, 0.3) is 0 Å². The molecule has 0 aliphatic heterocycles. The highest BCUT2D eigenvalue weighted by Crippen LogP contribution is 2.08. The molecule has 1 aromatic heterocycles. The highest BCUT2D eigenvalue weighted by Gasteiger charge is 2.13. The maximum Gasteiger partial charge on any atom is 0.288 e. The van der Waals surface area contributed by atoms with Crippen LogP contribution in [0.4, 0.5) is 0 Å². The Hall–Kier alpha value is -1.76. The molecule has 0 aliphatic rings.